The maximum atomic E-state index is 5.72. The molecule has 0 spiro atoms. The van der Waals surface area contributed by atoms with Crippen molar-refractivity contribution in [2.75, 3.05) is 0 Å². The fourth-order valence-corrected chi connectivity index (χ4v) is 2.93. The summed E-state index contributed by atoms with van der Waals surface area (Å²) in [7, 11) is 1.97. The van der Waals surface area contributed by atoms with Gasteiger partial charge in [-0.2, -0.15) is 0 Å². The number of benzene rings is 1. The summed E-state index contributed by atoms with van der Waals surface area (Å²) < 4.78 is 13.4. The zero-order chi connectivity index (χ0) is 17.2. The fraction of sp³-hybridized carbons (Fsp3) is 0.176. The van der Waals surface area contributed by atoms with Gasteiger partial charge in [0.25, 0.3) is 11.1 Å². The zero-order valence-corrected chi connectivity index (χ0v) is 14.5. The van der Waals surface area contributed by atoms with Crippen LogP contribution in [0.25, 0.3) is 23.0 Å². The first-order valence-electron chi connectivity index (χ1n) is 7.67. The van der Waals surface area contributed by atoms with Crippen molar-refractivity contribution in [1.29, 1.82) is 0 Å². The maximum absolute atomic E-state index is 5.72. The molecule has 0 saturated heterocycles. The molecule has 0 atom stereocenters. The Hall–Kier alpha value is -2.87. The molecule has 0 saturated carbocycles. The van der Waals surface area contributed by atoms with Crippen molar-refractivity contribution < 1.29 is 8.83 Å². The first-order valence-corrected chi connectivity index (χ1v) is 8.66. The topological polar surface area (TPSA) is 82.8 Å². The lowest BCUT2D eigenvalue weighted by atomic mass is 10.2. The van der Waals surface area contributed by atoms with Gasteiger partial charge in [-0.3, -0.25) is 0 Å². The fourth-order valence-electron chi connectivity index (χ4n) is 2.33. The van der Waals surface area contributed by atoms with Crippen molar-refractivity contribution in [2.45, 2.75) is 17.9 Å². The van der Waals surface area contributed by atoms with Crippen molar-refractivity contribution in [3.63, 3.8) is 0 Å². The van der Waals surface area contributed by atoms with Crippen molar-refractivity contribution >= 4 is 11.8 Å². The van der Waals surface area contributed by atoms with E-state index in [-0.39, 0.29) is 0 Å². The number of aryl methyl sites for hydroxylation is 1. The molecule has 0 aliphatic heterocycles. The van der Waals surface area contributed by atoms with Gasteiger partial charge in [-0.25, -0.2) is 0 Å². The second-order valence-electron chi connectivity index (χ2n) is 5.45. The SMILES string of the molecule is Cc1ccc(-c2nnc(CSc3nnc(-c4ccccc4)o3)o2)n1C. The number of nitrogens with zero attached hydrogens (tertiary/aromatic N) is 5. The van der Waals surface area contributed by atoms with Gasteiger partial charge in [0.15, 0.2) is 0 Å². The van der Waals surface area contributed by atoms with Gasteiger partial charge >= 0.3 is 0 Å². The maximum Gasteiger partial charge on any atom is 0.277 e. The summed E-state index contributed by atoms with van der Waals surface area (Å²) in [5, 5.41) is 16.8. The Morgan fingerprint density at radius 1 is 0.920 bits per heavy atom. The minimum atomic E-state index is 0.465. The molecule has 8 heteroatoms. The minimum absolute atomic E-state index is 0.465. The van der Waals surface area contributed by atoms with Crippen LogP contribution in [0.1, 0.15) is 11.6 Å². The minimum Gasteiger partial charge on any atom is -0.418 e. The highest BCUT2D eigenvalue weighted by Crippen LogP contribution is 2.26. The predicted molar refractivity (Wildman–Crippen MR) is 92.7 cm³/mol. The van der Waals surface area contributed by atoms with Gasteiger partial charge in [0.1, 0.15) is 5.69 Å². The first kappa shape index (κ1) is 15.6. The van der Waals surface area contributed by atoms with Gasteiger partial charge in [-0.15, -0.1) is 20.4 Å². The largest absolute Gasteiger partial charge is 0.418 e. The van der Waals surface area contributed by atoms with E-state index in [9.17, 15) is 0 Å². The monoisotopic (exact) mass is 353 g/mol. The Labute approximate surface area is 148 Å². The number of hydrogen-bond donors (Lipinski definition) is 0. The van der Waals surface area contributed by atoms with Gasteiger partial charge in [0, 0.05) is 18.3 Å². The normalized spacial score (nSPS) is 11.1. The van der Waals surface area contributed by atoms with Crippen LogP contribution in [0.4, 0.5) is 0 Å². The summed E-state index contributed by atoms with van der Waals surface area (Å²) in [6, 6.07) is 13.6. The predicted octanol–water partition coefficient (Wildman–Crippen LogP) is 3.73. The molecular formula is C17H15N5O2S. The highest BCUT2D eigenvalue weighted by molar-refractivity contribution is 7.98. The quantitative estimate of drug-likeness (QED) is 0.506. The third-order valence-corrected chi connectivity index (χ3v) is 4.61. The molecule has 3 aromatic heterocycles. The highest BCUT2D eigenvalue weighted by Gasteiger charge is 2.14. The van der Waals surface area contributed by atoms with Gasteiger partial charge in [0.2, 0.25) is 11.8 Å². The van der Waals surface area contributed by atoms with Crippen LogP contribution in [0.5, 0.6) is 0 Å². The van der Waals surface area contributed by atoms with Crippen LogP contribution in [0, 0.1) is 6.92 Å². The Morgan fingerprint density at radius 2 is 1.72 bits per heavy atom. The third-order valence-electron chi connectivity index (χ3n) is 3.81. The van der Waals surface area contributed by atoms with Crippen LogP contribution in [-0.4, -0.2) is 25.0 Å². The molecular weight excluding hydrogens is 338 g/mol. The third kappa shape index (κ3) is 3.20. The van der Waals surface area contributed by atoms with E-state index >= 15 is 0 Å². The molecule has 4 aromatic rings. The number of rotatable bonds is 5. The summed E-state index contributed by atoms with van der Waals surface area (Å²) in [6.45, 7) is 2.02. The van der Waals surface area contributed by atoms with Gasteiger partial charge < -0.3 is 13.4 Å². The average Bonchev–Trinajstić information content (AvgIpc) is 3.36. The Morgan fingerprint density at radius 3 is 2.48 bits per heavy atom. The van der Waals surface area contributed by atoms with Crippen LogP contribution in [-0.2, 0) is 12.8 Å². The summed E-state index contributed by atoms with van der Waals surface area (Å²) in [5.41, 5.74) is 2.91. The van der Waals surface area contributed by atoms with E-state index in [2.05, 4.69) is 20.4 Å². The molecule has 25 heavy (non-hydrogen) atoms. The molecule has 0 unspecified atom stereocenters. The molecule has 0 fully saturated rings. The number of aromatic nitrogens is 5. The Bertz CT molecular complexity index is 990. The summed E-state index contributed by atoms with van der Waals surface area (Å²) in [5.74, 6) is 1.97. The molecule has 0 bridgehead atoms. The van der Waals surface area contributed by atoms with E-state index in [0.29, 0.717) is 28.6 Å². The summed E-state index contributed by atoms with van der Waals surface area (Å²) in [4.78, 5) is 0. The van der Waals surface area contributed by atoms with Crippen molar-refractivity contribution in [3.05, 3.63) is 54.0 Å². The molecule has 1 aromatic carbocycles. The molecule has 0 N–H and O–H groups in total. The van der Waals surface area contributed by atoms with Gasteiger partial charge in [-0.1, -0.05) is 30.0 Å². The number of thioether (sulfide) groups is 1. The standard InChI is InChI=1S/C17H15N5O2S/c1-11-8-9-13(22(11)2)16-20-18-14(23-16)10-25-17-21-19-15(24-17)12-6-4-3-5-7-12/h3-9H,10H2,1-2H3. The lowest BCUT2D eigenvalue weighted by Gasteiger charge is -1.99. The summed E-state index contributed by atoms with van der Waals surface area (Å²) >= 11 is 1.36. The first-order chi connectivity index (χ1) is 12.2. The van der Waals surface area contributed by atoms with E-state index < -0.39 is 0 Å². The van der Waals surface area contributed by atoms with Crippen molar-refractivity contribution in [2.24, 2.45) is 7.05 Å². The van der Waals surface area contributed by atoms with Crippen LogP contribution in [0.15, 0.2) is 56.5 Å². The van der Waals surface area contributed by atoms with E-state index in [1.165, 1.54) is 11.8 Å². The van der Waals surface area contributed by atoms with Crippen LogP contribution in [0.3, 0.4) is 0 Å². The molecule has 0 amide bonds. The van der Waals surface area contributed by atoms with Gasteiger partial charge in [-0.05, 0) is 31.2 Å². The number of hydrogen-bond acceptors (Lipinski definition) is 7. The lowest BCUT2D eigenvalue weighted by molar-refractivity contribution is 0.464. The molecule has 7 nitrogen and oxygen atoms in total. The smallest absolute Gasteiger partial charge is 0.277 e. The zero-order valence-electron chi connectivity index (χ0n) is 13.7. The molecule has 126 valence electrons. The van der Waals surface area contributed by atoms with Crippen LogP contribution in [0.2, 0.25) is 0 Å². The Balaban J connectivity index is 1.44. The van der Waals surface area contributed by atoms with Crippen LogP contribution >= 0.6 is 11.8 Å². The van der Waals surface area contributed by atoms with Crippen molar-refractivity contribution in [1.82, 2.24) is 25.0 Å². The second-order valence-corrected chi connectivity index (χ2v) is 6.37. The molecule has 0 radical (unpaired) electrons. The van der Waals surface area contributed by atoms with E-state index in [4.69, 9.17) is 8.83 Å². The molecule has 3 heterocycles. The molecule has 4 rings (SSSR count). The Kier molecular flexibility index (Phi) is 4.10. The van der Waals surface area contributed by atoms with Crippen LogP contribution < -0.4 is 0 Å². The molecule has 0 aliphatic rings. The van der Waals surface area contributed by atoms with E-state index in [1.54, 1.807) is 0 Å². The lowest BCUT2D eigenvalue weighted by Crippen LogP contribution is -1.93. The van der Waals surface area contributed by atoms with E-state index in [0.717, 1.165) is 17.0 Å². The van der Waals surface area contributed by atoms with Crippen molar-refractivity contribution in [3.8, 4) is 23.0 Å². The summed E-state index contributed by atoms with van der Waals surface area (Å²) in [6.07, 6.45) is 0. The average molecular weight is 353 g/mol. The highest BCUT2D eigenvalue weighted by atomic mass is 32.2. The van der Waals surface area contributed by atoms with E-state index in [1.807, 2.05) is 61.0 Å². The van der Waals surface area contributed by atoms with Gasteiger partial charge in [0.05, 0.1) is 5.75 Å². The molecule has 0 aliphatic carbocycles. The second kappa shape index (κ2) is 6.56.